The van der Waals surface area contributed by atoms with Crippen LogP contribution in [0.4, 0.5) is 0 Å². The van der Waals surface area contributed by atoms with Gasteiger partial charge in [-0.2, -0.15) is 0 Å². The van der Waals surface area contributed by atoms with E-state index in [-0.39, 0.29) is 0 Å². The average molecular weight is 207 g/mol. The molecule has 6 heteroatoms. The Bertz CT molecular complexity index is 383. The molecule has 0 aromatic carbocycles. The maximum Gasteiger partial charge on any atom is 0.152 e. The Hall–Kier alpha value is -1.40. The van der Waals surface area contributed by atoms with E-state index in [1.807, 2.05) is 0 Å². The van der Waals surface area contributed by atoms with Crippen molar-refractivity contribution < 1.29 is 0 Å². The van der Waals surface area contributed by atoms with Crippen LogP contribution in [0.2, 0.25) is 0 Å². The summed E-state index contributed by atoms with van der Waals surface area (Å²) in [6, 6.07) is 0. The third kappa shape index (κ3) is 1.91. The monoisotopic (exact) mass is 207 g/mol. The molecule has 0 saturated heterocycles. The minimum atomic E-state index is 0.543. The minimum absolute atomic E-state index is 0.543. The Morgan fingerprint density at radius 2 is 2.21 bits per heavy atom. The van der Waals surface area contributed by atoms with Gasteiger partial charge in [-0.1, -0.05) is 0 Å². The van der Waals surface area contributed by atoms with Crippen LogP contribution < -0.4 is 5.73 Å². The smallest absolute Gasteiger partial charge is 0.152 e. The fourth-order valence-corrected chi connectivity index (χ4v) is 1.57. The summed E-state index contributed by atoms with van der Waals surface area (Å²) in [7, 11) is 0. The van der Waals surface area contributed by atoms with Crippen molar-refractivity contribution >= 4 is 11.3 Å². The fourth-order valence-electron chi connectivity index (χ4n) is 0.998. The molecule has 0 aliphatic rings. The van der Waals surface area contributed by atoms with Gasteiger partial charge in [-0.25, -0.2) is 4.98 Å². The molecule has 0 spiro atoms. The minimum Gasteiger partial charge on any atom is -0.330 e. The zero-order valence-corrected chi connectivity index (χ0v) is 8.24. The van der Waals surface area contributed by atoms with Crippen LogP contribution >= 0.6 is 11.3 Å². The number of rotatable bonds is 3. The molecule has 0 atom stereocenters. The van der Waals surface area contributed by atoms with Gasteiger partial charge >= 0.3 is 0 Å². The second kappa shape index (κ2) is 4.21. The van der Waals surface area contributed by atoms with Gasteiger partial charge in [-0.3, -0.25) is 4.98 Å². The highest BCUT2D eigenvalue weighted by atomic mass is 32.1. The lowest BCUT2D eigenvalue weighted by molar-refractivity contribution is 0.813. The summed E-state index contributed by atoms with van der Waals surface area (Å²) in [6.45, 7) is 0.543. The van der Waals surface area contributed by atoms with E-state index in [9.17, 15) is 0 Å². The molecular weight excluding hydrogens is 198 g/mol. The molecule has 0 saturated carbocycles. The van der Waals surface area contributed by atoms with Crippen molar-refractivity contribution in [3.05, 3.63) is 23.7 Å². The third-order valence-corrected chi connectivity index (χ3v) is 2.46. The predicted octanol–water partition coefficient (Wildman–Crippen LogP) is 0.496. The maximum absolute atomic E-state index is 5.38. The molecule has 14 heavy (non-hydrogen) atoms. The molecule has 5 nitrogen and oxygen atoms in total. The van der Waals surface area contributed by atoms with E-state index >= 15 is 0 Å². The van der Waals surface area contributed by atoms with Crippen LogP contribution in [0.15, 0.2) is 17.9 Å². The molecule has 2 aromatic rings. The van der Waals surface area contributed by atoms with Crippen LogP contribution in [-0.2, 0) is 6.42 Å². The van der Waals surface area contributed by atoms with Gasteiger partial charge in [-0.05, 0) is 6.54 Å². The topological polar surface area (TPSA) is 77.6 Å². The van der Waals surface area contributed by atoms with Crippen molar-refractivity contribution in [3.63, 3.8) is 0 Å². The van der Waals surface area contributed by atoms with E-state index in [1.165, 1.54) is 11.3 Å². The summed E-state index contributed by atoms with van der Waals surface area (Å²) in [6.07, 6.45) is 4.11. The highest BCUT2D eigenvalue weighted by molar-refractivity contribution is 7.13. The summed E-state index contributed by atoms with van der Waals surface area (Å²) in [4.78, 5) is 9.09. The number of aromatic nitrogens is 4. The van der Waals surface area contributed by atoms with Crippen molar-refractivity contribution in [1.82, 2.24) is 20.2 Å². The van der Waals surface area contributed by atoms with Gasteiger partial charge in [0.1, 0.15) is 5.69 Å². The van der Waals surface area contributed by atoms with Crippen molar-refractivity contribution in [2.75, 3.05) is 6.54 Å². The molecule has 2 N–H and O–H groups in total. The highest BCUT2D eigenvalue weighted by Gasteiger charge is 2.02. The Morgan fingerprint density at radius 3 is 2.79 bits per heavy atom. The SMILES string of the molecule is NCCc1ncc(-c2cncs2)nn1. The number of nitrogens with two attached hydrogens (primary N) is 1. The van der Waals surface area contributed by atoms with E-state index in [0.717, 1.165) is 10.6 Å². The van der Waals surface area contributed by atoms with Gasteiger partial charge in [0.15, 0.2) is 5.82 Å². The number of hydrogen-bond acceptors (Lipinski definition) is 6. The molecule has 2 rings (SSSR count). The third-order valence-electron chi connectivity index (χ3n) is 1.66. The Kier molecular flexibility index (Phi) is 2.76. The second-order valence-electron chi connectivity index (χ2n) is 2.66. The summed E-state index contributed by atoms with van der Waals surface area (Å²) < 4.78 is 0. The van der Waals surface area contributed by atoms with Crippen molar-refractivity contribution in [2.45, 2.75) is 6.42 Å². The van der Waals surface area contributed by atoms with E-state index in [0.29, 0.717) is 18.8 Å². The normalized spacial score (nSPS) is 10.4. The molecule has 0 radical (unpaired) electrons. The standard InChI is InChI=1S/C8H9N5S/c9-2-1-8-11-3-6(12-13-8)7-4-10-5-14-7/h3-5H,1-2,9H2. The Balaban J connectivity index is 2.22. The molecule has 0 aliphatic heterocycles. The zero-order valence-electron chi connectivity index (χ0n) is 7.42. The highest BCUT2D eigenvalue weighted by Crippen LogP contribution is 2.18. The van der Waals surface area contributed by atoms with E-state index in [4.69, 9.17) is 5.73 Å². The average Bonchev–Trinajstić information content (AvgIpc) is 2.72. The molecule has 2 heterocycles. The lowest BCUT2D eigenvalue weighted by Crippen LogP contribution is -2.07. The molecule has 0 amide bonds. The molecule has 72 valence electrons. The zero-order chi connectivity index (χ0) is 9.80. The van der Waals surface area contributed by atoms with Crippen molar-refractivity contribution in [1.29, 1.82) is 0 Å². The lowest BCUT2D eigenvalue weighted by Gasteiger charge is -1.96. The van der Waals surface area contributed by atoms with Crippen LogP contribution in [0.5, 0.6) is 0 Å². The summed E-state index contributed by atoms with van der Waals surface area (Å²) >= 11 is 1.52. The summed E-state index contributed by atoms with van der Waals surface area (Å²) in [5, 5.41) is 8.00. The number of thiazole rings is 1. The largest absolute Gasteiger partial charge is 0.330 e. The van der Waals surface area contributed by atoms with Gasteiger partial charge in [0.05, 0.1) is 16.6 Å². The Labute approximate surface area is 85.0 Å². The fraction of sp³-hybridized carbons (Fsp3) is 0.250. The molecular formula is C8H9N5S. The van der Waals surface area contributed by atoms with Crippen LogP contribution in [-0.4, -0.2) is 26.7 Å². The molecule has 0 fully saturated rings. The first kappa shape index (κ1) is 9.17. The summed E-state index contributed by atoms with van der Waals surface area (Å²) in [5.74, 6) is 0.681. The number of nitrogens with zero attached hydrogens (tertiary/aromatic N) is 4. The first-order valence-corrected chi connectivity index (χ1v) is 5.05. The van der Waals surface area contributed by atoms with Crippen molar-refractivity contribution in [2.24, 2.45) is 5.73 Å². The molecule has 0 bridgehead atoms. The van der Waals surface area contributed by atoms with Gasteiger partial charge < -0.3 is 5.73 Å². The molecule has 2 aromatic heterocycles. The lowest BCUT2D eigenvalue weighted by atomic mass is 10.4. The van der Waals surface area contributed by atoms with Gasteiger partial charge in [0.2, 0.25) is 0 Å². The van der Waals surface area contributed by atoms with E-state index in [1.54, 1.807) is 17.9 Å². The second-order valence-corrected chi connectivity index (χ2v) is 3.55. The Morgan fingerprint density at radius 1 is 1.29 bits per heavy atom. The van der Waals surface area contributed by atoms with Crippen LogP contribution in [0.1, 0.15) is 5.82 Å². The molecule has 0 aliphatic carbocycles. The van der Waals surface area contributed by atoms with Gasteiger partial charge in [0.25, 0.3) is 0 Å². The maximum atomic E-state index is 5.38. The van der Waals surface area contributed by atoms with Crippen LogP contribution in [0, 0.1) is 0 Å². The first-order valence-electron chi connectivity index (χ1n) is 4.17. The molecule has 0 unspecified atom stereocenters. The van der Waals surface area contributed by atoms with Crippen molar-refractivity contribution in [3.8, 4) is 10.6 Å². The van der Waals surface area contributed by atoms with Gasteiger partial charge in [0, 0.05) is 12.6 Å². The van der Waals surface area contributed by atoms with Crippen LogP contribution in [0.25, 0.3) is 10.6 Å². The van der Waals surface area contributed by atoms with E-state index < -0.39 is 0 Å². The van der Waals surface area contributed by atoms with Gasteiger partial charge in [-0.15, -0.1) is 21.5 Å². The quantitative estimate of drug-likeness (QED) is 0.792. The van der Waals surface area contributed by atoms with Crippen LogP contribution in [0.3, 0.4) is 0 Å². The van der Waals surface area contributed by atoms with E-state index in [2.05, 4.69) is 20.2 Å². The first-order chi connectivity index (χ1) is 6.90. The predicted molar refractivity (Wildman–Crippen MR) is 53.7 cm³/mol. The number of hydrogen-bond donors (Lipinski definition) is 1. The summed E-state index contributed by atoms with van der Waals surface area (Å²) in [5.41, 5.74) is 7.89.